The molecule has 4 rings (SSSR count). The molecule has 0 aliphatic carbocycles. The van der Waals surface area contributed by atoms with Crippen LogP contribution in [0.15, 0.2) is 83.3 Å². The third-order valence-corrected chi connectivity index (χ3v) is 5.18. The number of imidazole rings is 1. The summed E-state index contributed by atoms with van der Waals surface area (Å²) in [4.78, 5) is 8.45. The molecule has 4 aromatic rings. The van der Waals surface area contributed by atoms with E-state index in [4.69, 9.17) is 4.98 Å². The van der Waals surface area contributed by atoms with E-state index in [1.54, 1.807) is 0 Å². The van der Waals surface area contributed by atoms with E-state index in [1.165, 1.54) is 3.57 Å². The molecular weight excluding hydrogens is 487 g/mol. The molecule has 0 radical (unpaired) electrons. The van der Waals surface area contributed by atoms with Crippen LogP contribution < -0.4 is 0 Å². The normalized spacial score (nSPS) is 10.8. The Kier molecular flexibility index (Phi) is 4.72. The first-order valence-electron chi connectivity index (χ1n) is 7.88. The van der Waals surface area contributed by atoms with Crippen molar-refractivity contribution in [2.24, 2.45) is 0 Å². The van der Waals surface area contributed by atoms with Crippen molar-refractivity contribution in [2.45, 2.75) is 0 Å². The first-order valence-corrected chi connectivity index (χ1v) is 9.75. The highest BCUT2D eigenvalue weighted by atomic mass is 127. The zero-order valence-electron chi connectivity index (χ0n) is 13.2. The fourth-order valence-corrected chi connectivity index (χ4v) is 3.58. The van der Waals surface area contributed by atoms with Crippen molar-refractivity contribution >= 4 is 38.5 Å². The summed E-state index contributed by atoms with van der Waals surface area (Å²) in [5.74, 6) is 0.885. The fourth-order valence-electron chi connectivity index (χ4n) is 2.78. The Morgan fingerprint density at radius 1 is 0.760 bits per heavy atom. The lowest BCUT2D eigenvalue weighted by atomic mass is 10.1. The lowest BCUT2D eigenvalue weighted by Crippen LogP contribution is -1.83. The molecule has 0 bridgehead atoms. The SMILES string of the molecule is Brc1ccc(-c2[nH]c(-c3cccc(I)c3)nc2-c2ccccc2)cc1. The van der Waals surface area contributed by atoms with Gasteiger partial charge in [0.1, 0.15) is 5.82 Å². The first-order chi connectivity index (χ1) is 12.2. The Morgan fingerprint density at radius 3 is 2.20 bits per heavy atom. The average Bonchev–Trinajstić information content (AvgIpc) is 3.08. The molecule has 3 aromatic carbocycles. The van der Waals surface area contributed by atoms with Gasteiger partial charge in [-0.05, 0) is 46.9 Å². The van der Waals surface area contributed by atoms with Crippen LogP contribution in [0.25, 0.3) is 33.9 Å². The van der Waals surface area contributed by atoms with Crippen molar-refractivity contribution in [3.8, 4) is 33.9 Å². The fraction of sp³-hybridized carbons (Fsp3) is 0. The number of nitrogens with one attached hydrogen (secondary N) is 1. The summed E-state index contributed by atoms with van der Waals surface area (Å²) < 4.78 is 2.26. The van der Waals surface area contributed by atoms with Crippen LogP contribution >= 0.6 is 38.5 Å². The predicted molar refractivity (Wildman–Crippen MR) is 115 cm³/mol. The molecule has 1 heterocycles. The Hall–Kier alpha value is -1.92. The van der Waals surface area contributed by atoms with Crippen LogP contribution in [0.3, 0.4) is 0 Å². The second-order valence-corrected chi connectivity index (χ2v) is 7.85. The molecule has 1 N–H and O–H groups in total. The second-order valence-electron chi connectivity index (χ2n) is 5.69. The topological polar surface area (TPSA) is 28.7 Å². The zero-order chi connectivity index (χ0) is 17.2. The number of aromatic amines is 1. The zero-order valence-corrected chi connectivity index (χ0v) is 17.0. The molecule has 122 valence electrons. The summed E-state index contributed by atoms with van der Waals surface area (Å²) in [5, 5.41) is 0. The van der Waals surface area contributed by atoms with Gasteiger partial charge in [-0.25, -0.2) is 4.98 Å². The van der Waals surface area contributed by atoms with Gasteiger partial charge < -0.3 is 4.98 Å². The van der Waals surface area contributed by atoms with E-state index < -0.39 is 0 Å². The lowest BCUT2D eigenvalue weighted by molar-refractivity contribution is 1.31. The number of nitrogens with zero attached hydrogens (tertiary/aromatic N) is 1. The van der Waals surface area contributed by atoms with Gasteiger partial charge in [-0.15, -0.1) is 0 Å². The first kappa shape index (κ1) is 16.5. The van der Waals surface area contributed by atoms with Gasteiger partial charge in [0, 0.05) is 24.7 Å². The number of halogens is 2. The minimum absolute atomic E-state index is 0.885. The van der Waals surface area contributed by atoms with Gasteiger partial charge in [0.2, 0.25) is 0 Å². The van der Waals surface area contributed by atoms with E-state index in [-0.39, 0.29) is 0 Å². The predicted octanol–water partition coefficient (Wildman–Crippen LogP) is 6.78. The Morgan fingerprint density at radius 2 is 1.48 bits per heavy atom. The van der Waals surface area contributed by atoms with Crippen molar-refractivity contribution in [3.05, 3.63) is 86.9 Å². The summed E-state index contributed by atoms with van der Waals surface area (Å²) in [6, 6.07) is 27.0. The molecule has 0 atom stereocenters. The standard InChI is InChI=1S/C21H14BrIN2/c22-17-11-9-15(10-12-17)20-19(14-5-2-1-3-6-14)24-21(25-20)16-7-4-8-18(23)13-16/h1-13H,(H,24,25). The molecule has 0 unspecified atom stereocenters. The van der Waals surface area contributed by atoms with Gasteiger partial charge in [-0.3, -0.25) is 0 Å². The number of hydrogen-bond donors (Lipinski definition) is 1. The maximum atomic E-state index is 4.92. The summed E-state index contributed by atoms with van der Waals surface area (Å²) in [6.07, 6.45) is 0. The van der Waals surface area contributed by atoms with E-state index in [0.29, 0.717) is 0 Å². The largest absolute Gasteiger partial charge is 0.337 e. The number of benzene rings is 3. The molecular formula is C21H14BrIN2. The average molecular weight is 501 g/mol. The molecule has 0 spiro atoms. The van der Waals surface area contributed by atoms with Crippen molar-refractivity contribution < 1.29 is 0 Å². The van der Waals surface area contributed by atoms with Crippen LogP contribution in [0.4, 0.5) is 0 Å². The Balaban J connectivity index is 1.90. The lowest BCUT2D eigenvalue weighted by Gasteiger charge is -2.03. The quantitative estimate of drug-likeness (QED) is 0.308. The smallest absolute Gasteiger partial charge is 0.138 e. The maximum Gasteiger partial charge on any atom is 0.138 e. The van der Waals surface area contributed by atoms with Crippen LogP contribution in [-0.4, -0.2) is 9.97 Å². The molecule has 1 aromatic heterocycles. The minimum Gasteiger partial charge on any atom is -0.337 e. The van der Waals surface area contributed by atoms with Gasteiger partial charge in [-0.1, -0.05) is 70.5 Å². The van der Waals surface area contributed by atoms with E-state index in [1.807, 2.05) is 18.2 Å². The number of aromatic nitrogens is 2. The molecule has 2 nitrogen and oxygen atoms in total. The van der Waals surface area contributed by atoms with Gasteiger partial charge in [-0.2, -0.15) is 0 Å². The molecule has 0 saturated carbocycles. The molecule has 0 aliphatic rings. The van der Waals surface area contributed by atoms with Gasteiger partial charge in [0.25, 0.3) is 0 Å². The van der Waals surface area contributed by atoms with E-state index in [0.717, 1.165) is 38.4 Å². The molecule has 0 amide bonds. The highest BCUT2D eigenvalue weighted by Gasteiger charge is 2.15. The van der Waals surface area contributed by atoms with Gasteiger partial charge in [0.15, 0.2) is 0 Å². The minimum atomic E-state index is 0.885. The number of rotatable bonds is 3. The van der Waals surface area contributed by atoms with Crippen molar-refractivity contribution in [1.29, 1.82) is 0 Å². The number of H-pyrrole nitrogens is 1. The third-order valence-electron chi connectivity index (χ3n) is 3.98. The second kappa shape index (κ2) is 7.14. The van der Waals surface area contributed by atoms with Crippen molar-refractivity contribution in [3.63, 3.8) is 0 Å². The molecule has 4 heteroatoms. The van der Waals surface area contributed by atoms with Gasteiger partial charge >= 0.3 is 0 Å². The molecule has 0 aliphatic heterocycles. The van der Waals surface area contributed by atoms with Crippen LogP contribution in [0, 0.1) is 3.57 Å². The molecule has 25 heavy (non-hydrogen) atoms. The Bertz CT molecular complexity index is 1010. The maximum absolute atomic E-state index is 4.92. The highest BCUT2D eigenvalue weighted by molar-refractivity contribution is 14.1. The molecule has 0 fully saturated rings. The monoisotopic (exact) mass is 500 g/mol. The van der Waals surface area contributed by atoms with Gasteiger partial charge in [0.05, 0.1) is 11.4 Å². The summed E-state index contributed by atoms with van der Waals surface area (Å²) in [7, 11) is 0. The van der Waals surface area contributed by atoms with E-state index in [9.17, 15) is 0 Å². The number of hydrogen-bond acceptors (Lipinski definition) is 1. The molecule has 0 saturated heterocycles. The summed E-state index contributed by atoms with van der Waals surface area (Å²) in [5.41, 5.74) is 5.32. The summed E-state index contributed by atoms with van der Waals surface area (Å²) >= 11 is 5.83. The van der Waals surface area contributed by atoms with Crippen LogP contribution in [0.5, 0.6) is 0 Å². The van der Waals surface area contributed by atoms with E-state index in [2.05, 4.69) is 104 Å². The van der Waals surface area contributed by atoms with Crippen LogP contribution in [-0.2, 0) is 0 Å². The van der Waals surface area contributed by atoms with Crippen LogP contribution in [0.2, 0.25) is 0 Å². The van der Waals surface area contributed by atoms with E-state index >= 15 is 0 Å². The van der Waals surface area contributed by atoms with Crippen molar-refractivity contribution in [2.75, 3.05) is 0 Å². The Labute approximate surface area is 168 Å². The third kappa shape index (κ3) is 3.55. The summed E-state index contributed by atoms with van der Waals surface area (Å²) in [6.45, 7) is 0. The van der Waals surface area contributed by atoms with Crippen molar-refractivity contribution in [1.82, 2.24) is 9.97 Å². The van der Waals surface area contributed by atoms with Crippen LogP contribution in [0.1, 0.15) is 0 Å². The highest BCUT2D eigenvalue weighted by Crippen LogP contribution is 2.33.